The number of carbonyl (C=O) groups excluding carboxylic acids is 5. The number of rotatable bonds is 12. The smallest absolute Gasteiger partial charge is 0.376 e. The number of nitrogens with zero attached hydrogens (tertiary/aromatic N) is 3. The lowest BCUT2D eigenvalue weighted by atomic mass is 9.99. The van der Waals surface area contributed by atoms with Crippen LogP contribution in [-0.4, -0.2) is 88.0 Å². The quantitative estimate of drug-likeness (QED) is 0.109. The Kier molecular flexibility index (Phi) is 10.1. The van der Waals surface area contributed by atoms with Gasteiger partial charge < -0.3 is 30.1 Å². The van der Waals surface area contributed by atoms with E-state index < -0.39 is 66.0 Å². The summed E-state index contributed by atoms with van der Waals surface area (Å²) >= 11 is 6.48. The van der Waals surface area contributed by atoms with Gasteiger partial charge in [-0.05, 0) is 11.1 Å². The average Bonchev–Trinajstić information content (AvgIpc) is 3.81. The first-order valence-electron chi connectivity index (χ1n) is 14.0. The number of anilines is 1. The summed E-state index contributed by atoms with van der Waals surface area (Å²) in [4.78, 5) is 80.1. The Labute approximate surface area is 276 Å². The Balaban J connectivity index is 1.41. The molecule has 1 unspecified atom stereocenters. The van der Waals surface area contributed by atoms with Crippen LogP contribution in [-0.2, 0) is 43.1 Å². The number of benzene rings is 2. The molecule has 2 saturated heterocycles. The molecule has 2 fully saturated rings. The monoisotopic (exact) mass is 685 g/mol. The maximum Gasteiger partial charge on any atom is 0.376 e. The molecule has 3 N–H and O–H groups in total. The van der Waals surface area contributed by atoms with Crippen LogP contribution < -0.4 is 10.6 Å². The number of halogens is 1. The van der Waals surface area contributed by atoms with Crippen molar-refractivity contribution in [2.75, 3.05) is 31.5 Å². The third kappa shape index (κ3) is 6.80. The summed E-state index contributed by atoms with van der Waals surface area (Å²) < 4.78 is 11.4. The van der Waals surface area contributed by atoms with E-state index in [2.05, 4.69) is 20.8 Å². The molecule has 3 aromatic rings. The molecule has 17 heteroatoms. The Morgan fingerprint density at radius 3 is 2.34 bits per heavy atom. The van der Waals surface area contributed by atoms with Gasteiger partial charge in [0.05, 0.1) is 13.0 Å². The van der Waals surface area contributed by atoms with Crippen LogP contribution in [0.15, 0.2) is 71.2 Å². The summed E-state index contributed by atoms with van der Waals surface area (Å²) in [6.45, 7) is -1.64. The Hall–Kier alpha value is -4.90. The zero-order chi connectivity index (χ0) is 33.6. The number of aromatic nitrogens is 1. The lowest BCUT2D eigenvalue weighted by molar-refractivity contribution is -0.260. The predicted octanol–water partition coefficient (Wildman–Crippen LogP) is 1.66. The van der Waals surface area contributed by atoms with Crippen molar-refractivity contribution in [2.45, 2.75) is 30.2 Å². The van der Waals surface area contributed by atoms with Crippen molar-refractivity contribution < 1.29 is 48.2 Å². The van der Waals surface area contributed by atoms with Gasteiger partial charge in [-0.25, -0.2) is 9.78 Å². The largest absolute Gasteiger partial charge is 0.448 e. The summed E-state index contributed by atoms with van der Waals surface area (Å²) in [5.41, 5.74) is -3.76. The fraction of sp³-hybridized carbons (Fsp3) is 0.300. The van der Waals surface area contributed by atoms with Crippen LogP contribution >= 0.6 is 22.9 Å². The van der Waals surface area contributed by atoms with E-state index in [1.165, 1.54) is 12.5 Å². The predicted molar refractivity (Wildman–Crippen MR) is 165 cm³/mol. The number of hydrogen-bond donors (Lipinski definition) is 3. The number of amides is 3. The number of esters is 2. The standard InChI is InChI=1S/C30H28ClN5O10S/c1-43-35-23(20-15-47-28(32-20)33-21(38)14-31)25(40)34-29(16-37)17-44-36(26(29)41)30(13-12-22(39)46-30)27(42)45-24(18-8-4-2-5-9-18)19-10-6-3-7-11-19/h2-11,15,24,37H,12-14,16-17H2,1H3,(H,34,40)(H,32,33,38)/b35-23-/t29-,30?/m0/s1. The second-order valence-electron chi connectivity index (χ2n) is 10.3. The van der Waals surface area contributed by atoms with Gasteiger partial charge in [-0.2, -0.15) is 5.06 Å². The highest BCUT2D eigenvalue weighted by atomic mass is 35.5. The molecule has 0 aliphatic carbocycles. The molecule has 0 spiro atoms. The summed E-state index contributed by atoms with van der Waals surface area (Å²) in [7, 11) is 1.17. The van der Waals surface area contributed by atoms with Crippen molar-refractivity contribution in [3.63, 3.8) is 0 Å². The third-order valence-electron chi connectivity index (χ3n) is 7.20. The Morgan fingerprint density at radius 2 is 1.79 bits per heavy atom. The van der Waals surface area contributed by atoms with E-state index in [4.69, 9.17) is 30.7 Å². The number of thiazole rings is 1. The number of cyclic esters (lactones) is 1. The maximum atomic E-state index is 14.0. The van der Waals surface area contributed by atoms with Gasteiger partial charge in [0.2, 0.25) is 5.91 Å². The minimum Gasteiger partial charge on any atom is -0.448 e. The third-order valence-corrected chi connectivity index (χ3v) is 8.20. The highest BCUT2D eigenvalue weighted by molar-refractivity contribution is 7.14. The molecule has 5 rings (SSSR count). The highest BCUT2D eigenvalue weighted by Crippen LogP contribution is 2.39. The fourth-order valence-corrected chi connectivity index (χ4v) is 5.66. The van der Waals surface area contributed by atoms with E-state index in [-0.39, 0.29) is 29.5 Å². The molecular formula is C30H28ClN5O10S. The normalized spacial score (nSPS) is 21.0. The summed E-state index contributed by atoms with van der Waals surface area (Å²) in [6.07, 6.45) is -1.53. The van der Waals surface area contributed by atoms with Crippen LogP contribution in [0.5, 0.6) is 0 Å². The molecule has 15 nitrogen and oxygen atoms in total. The number of aliphatic hydroxyl groups excluding tert-OH is 1. The molecule has 2 aromatic carbocycles. The number of nitrogens with one attached hydrogen (secondary N) is 2. The summed E-state index contributed by atoms with van der Waals surface area (Å²) in [6, 6.07) is 17.6. The van der Waals surface area contributed by atoms with Gasteiger partial charge in [-0.15, -0.1) is 22.9 Å². The van der Waals surface area contributed by atoms with Gasteiger partial charge in [0.15, 0.2) is 22.5 Å². The van der Waals surface area contributed by atoms with Crippen LogP contribution in [0.4, 0.5) is 5.13 Å². The van der Waals surface area contributed by atoms with Gasteiger partial charge in [-0.3, -0.25) is 24.0 Å². The lowest BCUT2D eigenvalue weighted by Gasteiger charge is -2.34. The zero-order valence-corrected chi connectivity index (χ0v) is 26.3. The van der Waals surface area contributed by atoms with Crippen LogP contribution in [0.3, 0.4) is 0 Å². The Morgan fingerprint density at radius 1 is 1.13 bits per heavy atom. The first-order valence-corrected chi connectivity index (χ1v) is 15.4. The van der Waals surface area contributed by atoms with Crippen molar-refractivity contribution in [3.05, 3.63) is 82.9 Å². The number of hydrogen-bond acceptors (Lipinski definition) is 13. The SMILES string of the molecule is CO/N=C(\C(=O)N[C@@]1(CO)CON(C2(C(=O)OC(c3ccccc3)c3ccccc3)CCC(=O)O2)C1=O)c1csc(NC(=O)CCl)n1. The lowest BCUT2D eigenvalue weighted by Crippen LogP contribution is -2.63. The number of ether oxygens (including phenoxy) is 2. The van der Waals surface area contributed by atoms with Crippen LogP contribution in [0.1, 0.15) is 35.8 Å². The molecule has 2 atom stereocenters. The molecule has 0 radical (unpaired) electrons. The number of carbonyl (C=O) groups is 5. The summed E-state index contributed by atoms with van der Waals surface area (Å²) in [5, 5.41) is 21.0. The van der Waals surface area contributed by atoms with Crippen molar-refractivity contribution in [1.29, 1.82) is 0 Å². The molecule has 3 amide bonds. The minimum absolute atomic E-state index is 0.0341. The molecule has 0 saturated carbocycles. The first kappa shape index (κ1) is 33.5. The minimum atomic E-state index is -2.37. The molecular weight excluding hydrogens is 658 g/mol. The van der Waals surface area contributed by atoms with E-state index in [1.807, 2.05) is 0 Å². The molecule has 246 valence electrons. The maximum absolute atomic E-state index is 14.0. The Bertz CT molecular complexity index is 1650. The number of alkyl halides is 1. The van der Waals surface area contributed by atoms with Crippen LogP contribution in [0.25, 0.3) is 0 Å². The van der Waals surface area contributed by atoms with Gasteiger partial charge in [0, 0.05) is 11.8 Å². The van der Waals surface area contributed by atoms with Crippen molar-refractivity contribution in [3.8, 4) is 0 Å². The van der Waals surface area contributed by atoms with Gasteiger partial charge in [0.25, 0.3) is 11.8 Å². The van der Waals surface area contributed by atoms with Gasteiger partial charge in [-0.1, -0.05) is 65.8 Å². The second kappa shape index (κ2) is 14.3. The molecule has 2 aliphatic heterocycles. The molecule has 2 aliphatic rings. The van der Waals surface area contributed by atoms with Crippen LogP contribution in [0, 0.1) is 0 Å². The average molecular weight is 686 g/mol. The van der Waals surface area contributed by atoms with Crippen molar-refractivity contribution >= 4 is 63.4 Å². The van der Waals surface area contributed by atoms with Crippen molar-refractivity contribution in [2.24, 2.45) is 5.16 Å². The van der Waals surface area contributed by atoms with Crippen LogP contribution in [0.2, 0.25) is 0 Å². The van der Waals surface area contributed by atoms with E-state index in [0.717, 1.165) is 11.3 Å². The number of aliphatic hydroxyl groups is 1. The van der Waals surface area contributed by atoms with E-state index in [1.54, 1.807) is 60.7 Å². The molecule has 3 heterocycles. The fourth-order valence-electron chi connectivity index (χ4n) is 4.88. The topological polar surface area (TPSA) is 195 Å². The second-order valence-corrected chi connectivity index (χ2v) is 11.4. The van der Waals surface area contributed by atoms with E-state index in [9.17, 15) is 29.1 Å². The van der Waals surface area contributed by atoms with E-state index >= 15 is 0 Å². The van der Waals surface area contributed by atoms with Crippen molar-refractivity contribution in [1.82, 2.24) is 15.4 Å². The number of oxime groups is 1. The summed E-state index contributed by atoms with van der Waals surface area (Å²) in [5.74, 6) is -4.88. The number of hydroxylamine groups is 2. The van der Waals surface area contributed by atoms with Gasteiger partial charge in [0.1, 0.15) is 25.3 Å². The highest BCUT2D eigenvalue weighted by Gasteiger charge is 2.64. The molecule has 0 bridgehead atoms. The molecule has 47 heavy (non-hydrogen) atoms. The van der Waals surface area contributed by atoms with E-state index in [0.29, 0.717) is 16.2 Å². The van der Waals surface area contributed by atoms with Gasteiger partial charge >= 0.3 is 17.7 Å². The zero-order valence-electron chi connectivity index (χ0n) is 24.7. The first-order chi connectivity index (χ1) is 22.7. The molecule has 1 aromatic heterocycles.